The predicted octanol–water partition coefficient (Wildman–Crippen LogP) is 2.61. The highest BCUT2D eigenvalue weighted by atomic mass is 32.1. The third kappa shape index (κ3) is 2.45. The molecule has 0 saturated carbocycles. The summed E-state index contributed by atoms with van der Waals surface area (Å²) in [6.45, 7) is 6.10. The van der Waals surface area contributed by atoms with E-state index in [0.717, 1.165) is 10.4 Å². The van der Waals surface area contributed by atoms with Crippen molar-refractivity contribution < 1.29 is 4.74 Å². The molecule has 0 spiro atoms. The highest BCUT2D eigenvalue weighted by Gasteiger charge is 2.31. The van der Waals surface area contributed by atoms with E-state index in [1.165, 1.54) is 20.4 Å². The molecule has 28 heavy (non-hydrogen) atoms. The summed E-state index contributed by atoms with van der Waals surface area (Å²) in [5.74, 6) is 0.220. The molecule has 0 atom stereocenters. The molecule has 1 aromatic carbocycles. The number of fused-ring (bicyclic) bond motifs is 4. The third-order valence-electron chi connectivity index (χ3n) is 5.04. The molecule has 0 saturated heterocycles. The molecule has 1 aliphatic heterocycles. The zero-order valence-corrected chi connectivity index (χ0v) is 16.5. The summed E-state index contributed by atoms with van der Waals surface area (Å²) in [7, 11) is 0. The summed E-state index contributed by atoms with van der Waals surface area (Å²) in [6.07, 6.45) is 0.641. The summed E-state index contributed by atoms with van der Waals surface area (Å²) in [5, 5.41) is 4.84. The molecule has 7 nitrogen and oxygen atoms in total. The van der Waals surface area contributed by atoms with Crippen molar-refractivity contribution in [3.05, 3.63) is 67.2 Å². The van der Waals surface area contributed by atoms with Crippen molar-refractivity contribution in [3.8, 4) is 5.69 Å². The fourth-order valence-corrected chi connectivity index (χ4v) is 4.75. The molecule has 0 fully saturated rings. The minimum atomic E-state index is -0.334. The smallest absolute Gasteiger partial charge is 0.284 e. The largest absolute Gasteiger partial charge is 0.370 e. The van der Waals surface area contributed by atoms with Gasteiger partial charge < -0.3 is 4.74 Å². The average molecular weight is 394 g/mol. The molecular formula is C20H18N4O3S. The molecule has 0 bridgehead atoms. The second-order valence-corrected chi connectivity index (χ2v) is 8.68. The van der Waals surface area contributed by atoms with Crippen molar-refractivity contribution in [2.45, 2.75) is 39.4 Å². The summed E-state index contributed by atoms with van der Waals surface area (Å²) in [6, 6.07) is 9.18. The number of rotatable bonds is 1. The Morgan fingerprint density at radius 2 is 1.89 bits per heavy atom. The lowest BCUT2D eigenvalue weighted by Gasteiger charge is -2.29. The van der Waals surface area contributed by atoms with Crippen molar-refractivity contribution in [3.63, 3.8) is 0 Å². The Labute approximate surface area is 163 Å². The number of aromatic nitrogens is 4. The van der Waals surface area contributed by atoms with Crippen molar-refractivity contribution in [2.75, 3.05) is 0 Å². The zero-order valence-electron chi connectivity index (χ0n) is 15.7. The van der Waals surface area contributed by atoms with E-state index >= 15 is 0 Å². The first-order chi connectivity index (χ1) is 13.4. The number of aryl methyl sites for hydroxylation is 1. The number of para-hydroxylation sites is 1. The van der Waals surface area contributed by atoms with Crippen LogP contribution in [0, 0.1) is 6.92 Å². The summed E-state index contributed by atoms with van der Waals surface area (Å²) >= 11 is 1.45. The second-order valence-electron chi connectivity index (χ2n) is 7.60. The van der Waals surface area contributed by atoms with Crippen molar-refractivity contribution >= 4 is 27.3 Å². The van der Waals surface area contributed by atoms with Gasteiger partial charge in [0.05, 0.1) is 23.3 Å². The molecule has 4 aromatic rings. The Bertz CT molecular complexity index is 1370. The van der Waals surface area contributed by atoms with E-state index in [1.54, 1.807) is 6.92 Å². The van der Waals surface area contributed by atoms with E-state index in [2.05, 4.69) is 5.10 Å². The zero-order chi connectivity index (χ0) is 19.6. The first-order valence-corrected chi connectivity index (χ1v) is 9.84. The average Bonchev–Trinajstić information content (AvgIpc) is 3.01. The van der Waals surface area contributed by atoms with Gasteiger partial charge in [0.1, 0.15) is 10.5 Å². The van der Waals surface area contributed by atoms with Crippen LogP contribution in [0.4, 0.5) is 0 Å². The molecular weight excluding hydrogens is 376 g/mol. The fraction of sp³-hybridized carbons (Fsp3) is 0.300. The lowest BCUT2D eigenvalue weighted by molar-refractivity contribution is -0.0379. The van der Waals surface area contributed by atoms with Gasteiger partial charge in [-0.25, -0.2) is 9.55 Å². The van der Waals surface area contributed by atoms with Crippen LogP contribution in [0.5, 0.6) is 0 Å². The Kier molecular flexibility index (Phi) is 3.59. The predicted molar refractivity (Wildman–Crippen MR) is 108 cm³/mol. The Balaban J connectivity index is 1.92. The first kappa shape index (κ1) is 17.3. The molecule has 0 amide bonds. The van der Waals surface area contributed by atoms with E-state index < -0.39 is 0 Å². The van der Waals surface area contributed by atoms with Crippen LogP contribution in [0.2, 0.25) is 0 Å². The van der Waals surface area contributed by atoms with Crippen LogP contribution in [-0.2, 0) is 17.8 Å². The third-order valence-corrected chi connectivity index (χ3v) is 6.14. The molecule has 0 unspecified atom stereocenters. The van der Waals surface area contributed by atoms with Crippen molar-refractivity contribution in [1.29, 1.82) is 0 Å². The maximum atomic E-state index is 13.4. The molecule has 3 aromatic heterocycles. The number of hydrogen-bond acceptors (Lipinski definition) is 6. The normalized spacial score (nSPS) is 15.8. The standard InChI is InChI=1S/C20H18N4O3S/c1-11-17(25)23(12-7-5-4-6-8-12)19-21-16-15(18(26)24(19)22-11)13-9-20(2,3)27-10-14(13)28-16/h4-8H,9-10H2,1-3H3. The van der Waals surface area contributed by atoms with E-state index in [4.69, 9.17) is 9.72 Å². The minimum Gasteiger partial charge on any atom is -0.370 e. The topological polar surface area (TPSA) is 78.5 Å². The first-order valence-electron chi connectivity index (χ1n) is 9.02. The molecule has 1 aliphatic rings. The quantitative estimate of drug-likeness (QED) is 0.496. The van der Waals surface area contributed by atoms with Crippen LogP contribution in [0.3, 0.4) is 0 Å². The van der Waals surface area contributed by atoms with Crippen LogP contribution < -0.4 is 11.1 Å². The summed E-state index contributed by atoms with van der Waals surface area (Å²) < 4.78 is 8.59. The van der Waals surface area contributed by atoms with Crippen LogP contribution in [0.15, 0.2) is 39.9 Å². The van der Waals surface area contributed by atoms with Crippen LogP contribution in [-0.4, -0.2) is 24.8 Å². The Morgan fingerprint density at radius 1 is 1.14 bits per heavy atom. The van der Waals surface area contributed by atoms with E-state index in [-0.39, 0.29) is 28.2 Å². The lowest BCUT2D eigenvalue weighted by Crippen LogP contribution is -2.33. The number of benzene rings is 1. The molecule has 0 radical (unpaired) electrons. The summed E-state index contributed by atoms with van der Waals surface area (Å²) in [5.41, 5.74) is 1.00. The summed E-state index contributed by atoms with van der Waals surface area (Å²) in [4.78, 5) is 32.6. The van der Waals surface area contributed by atoms with Gasteiger partial charge in [-0.1, -0.05) is 18.2 Å². The monoisotopic (exact) mass is 394 g/mol. The SMILES string of the molecule is Cc1nn2c(=O)c3c4c(sc3nc2n(-c2ccccc2)c1=O)COC(C)(C)C4. The number of thiophene rings is 1. The van der Waals surface area contributed by atoms with Gasteiger partial charge in [0, 0.05) is 11.3 Å². The maximum Gasteiger partial charge on any atom is 0.284 e. The van der Waals surface area contributed by atoms with Crippen LogP contribution in [0.1, 0.15) is 30.0 Å². The number of nitrogens with zero attached hydrogens (tertiary/aromatic N) is 4. The van der Waals surface area contributed by atoms with Gasteiger partial charge in [-0.3, -0.25) is 9.59 Å². The Morgan fingerprint density at radius 3 is 2.64 bits per heavy atom. The van der Waals surface area contributed by atoms with Gasteiger partial charge in [0.15, 0.2) is 0 Å². The van der Waals surface area contributed by atoms with Crippen LogP contribution in [0.25, 0.3) is 21.7 Å². The number of hydrogen-bond donors (Lipinski definition) is 0. The molecule has 0 N–H and O–H groups in total. The van der Waals surface area contributed by atoms with Crippen LogP contribution >= 0.6 is 11.3 Å². The fourth-order valence-electron chi connectivity index (χ4n) is 3.66. The van der Waals surface area contributed by atoms with Gasteiger partial charge in [-0.15, -0.1) is 11.3 Å². The minimum absolute atomic E-state index is 0.220. The van der Waals surface area contributed by atoms with Crippen molar-refractivity contribution in [1.82, 2.24) is 19.2 Å². The molecule has 8 heteroatoms. The van der Waals surface area contributed by atoms with Gasteiger partial charge in [0.25, 0.3) is 11.1 Å². The Hall–Kier alpha value is -2.84. The van der Waals surface area contributed by atoms with Gasteiger partial charge in [0.2, 0.25) is 5.78 Å². The molecule has 4 heterocycles. The maximum absolute atomic E-state index is 13.4. The van der Waals surface area contributed by atoms with Crippen molar-refractivity contribution in [2.24, 2.45) is 0 Å². The highest BCUT2D eigenvalue weighted by molar-refractivity contribution is 7.18. The van der Waals surface area contributed by atoms with Gasteiger partial charge in [-0.2, -0.15) is 9.61 Å². The second kappa shape index (κ2) is 5.83. The lowest BCUT2D eigenvalue weighted by atomic mass is 9.94. The highest BCUT2D eigenvalue weighted by Crippen LogP contribution is 2.36. The number of ether oxygens (including phenoxy) is 1. The molecule has 5 rings (SSSR count). The van der Waals surface area contributed by atoms with E-state index in [0.29, 0.717) is 28.9 Å². The van der Waals surface area contributed by atoms with Gasteiger partial charge >= 0.3 is 0 Å². The molecule has 0 aliphatic carbocycles. The molecule has 142 valence electrons. The van der Waals surface area contributed by atoms with E-state index in [1.807, 2.05) is 44.2 Å². The van der Waals surface area contributed by atoms with E-state index in [9.17, 15) is 9.59 Å². The van der Waals surface area contributed by atoms with Gasteiger partial charge in [-0.05, 0) is 38.5 Å².